The SMILES string of the molecule is CCC1CCc2nc(N)c(C#N)c(-c3cccc(C)c3)c2C1. The van der Waals surface area contributed by atoms with E-state index in [2.05, 4.69) is 43.1 Å². The Morgan fingerprint density at radius 3 is 2.91 bits per heavy atom. The Labute approximate surface area is 131 Å². The largest absolute Gasteiger partial charge is 0.383 e. The highest BCUT2D eigenvalue weighted by Gasteiger charge is 2.25. The minimum absolute atomic E-state index is 0.368. The summed E-state index contributed by atoms with van der Waals surface area (Å²) in [4.78, 5) is 4.52. The lowest BCUT2D eigenvalue weighted by atomic mass is 9.80. The first-order chi connectivity index (χ1) is 10.6. The first kappa shape index (κ1) is 14.6. The molecule has 3 heteroatoms. The Bertz CT molecular complexity index is 756. The van der Waals surface area contributed by atoms with Crippen LogP contribution in [0.5, 0.6) is 0 Å². The molecule has 0 fully saturated rings. The van der Waals surface area contributed by atoms with Crippen molar-refractivity contribution >= 4 is 5.82 Å². The molecular weight excluding hydrogens is 270 g/mol. The van der Waals surface area contributed by atoms with Crippen LogP contribution < -0.4 is 5.73 Å². The molecule has 22 heavy (non-hydrogen) atoms. The molecule has 0 saturated carbocycles. The number of pyridine rings is 1. The number of hydrogen-bond acceptors (Lipinski definition) is 3. The van der Waals surface area contributed by atoms with Gasteiger partial charge in [-0.1, -0.05) is 43.2 Å². The molecule has 0 radical (unpaired) electrons. The van der Waals surface area contributed by atoms with Crippen LogP contribution in [0.3, 0.4) is 0 Å². The van der Waals surface area contributed by atoms with Gasteiger partial charge >= 0.3 is 0 Å². The number of hydrogen-bond donors (Lipinski definition) is 1. The van der Waals surface area contributed by atoms with Crippen molar-refractivity contribution in [2.45, 2.75) is 39.5 Å². The van der Waals surface area contributed by atoms with Crippen LogP contribution in [0.2, 0.25) is 0 Å². The molecule has 0 amide bonds. The van der Waals surface area contributed by atoms with Crippen molar-refractivity contribution in [3.05, 3.63) is 46.6 Å². The molecular formula is C19H21N3. The predicted octanol–water partition coefficient (Wildman–Crippen LogP) is 4.03. The van der Waals surface area contributed by atoms with Crippen LogP contribution in [-0.2, 0) is 12.8 Å². The molecule has 1 aromatic carbocycles. The highest BCUT2D eigenvalue weighted by molar-refractivity contribution is 5.79. The van der Waals surface area contributed by atoms with Crippen LogP contribution in [0.15, 0.2) is 24.3 Å². The van der Waals surface area contributed by atoms with Crippen LogP contribution in [0.25, 0.3) is 11.1 Å². The van der Waals surface area contributed by atoms with E-state index in [1.165, 1.54) is 17.5 Å². The maximum Gasteiger partial charge on any atom is 0.142 e. The third-order valence-corrected chi connectivity index (χ3v) is 4.69. The van der Waals surface area contributed by atoms with Crippen molar-refractivity contribution in [3.8, 4) is 17.2 Å². The van der Waals surface area contributed by atoms with Gasteiger partial charge in [-0.2, -0.15) is 5.26 Å². The highest BCUT2D eigenvalue weighted by Crippen LogP contribution is 2.38. The van der Waals surface area contributed by atoms with E-state index in [9.17, 15) is 5.26 Å². The molecule has 2 N–H and O–H groups in total. The first-order valence-electron chi connectivity index (χ1n) is 7.92. The predicted molar refractivity (Wildman–Crippen MR) is 89.3 cm³/mol. The van der Waals surface area contributed by atoms with Gasteiger partial charge in [-0.3, -0.25) is 0 Å². The maximum atomic E-state index is 9.58. The molecule has 1 atom stereocenters. The molecule has 3 rings (SSSR count). The zero-order valence-corrected chi connectivity index (χ0v) is 13.2. The third kappa shape index (κ3) is 2.46. The van der Waals surface area contributed by atoms with E-state index in [0.717, 1.165) is 36.1 Å². The van der Waals surface area contributed by atoms with Crippen LogP contribution in [-0.4, -0.2) is 4.98 Å². The van der Waals surface area contributed by atoms with E-state index < -0.39 is 0 Å². The lowest BCUT2D eigenvalue weighted by Gasteiger charge is -2.26. The average Bonchev–Trinajstić information content (AvgIpc) is 2.53. The Kier molecular flexibility index (Phi) is 3.85. The number of aromatic nitrogens is 1. The summed E-state index contributed by atoms with van der Waals surface area (Å²) in [5, 5.41) is 9.58. The Morgan fingerprint density at radius 1 is 1.41 bits per heavy atom. The van der Waals surface area contributed by atoms with Crippen molar-refractivity contribution in [3.63, 3.8) is 0 Å². The minimum Gasteiger partial charge on any atom is -0.383 e. The normalized spacial score (nSPS) is 16.9. The van der Waals surface area contributed by atoms with E-state index in [1.807, 2.05) is 6.07 Å². The number of nitrogens with two attached hydrogens (primary N) is 1. The van der Waals surface area contributed by atoms with Gasteiger partial charge in [0.2, 0.25) is 0 Å². The standard InChI is InChI=1S/C19H21N3/c1-3-13-7-8-17-15(10-13)18(16(11-20)19(21)22-17)14-6-4-5-12(2)9-14/h4-6,9,13H,3,7-8,10H2,1-2H3,(H2,21,22). The summed E-state index contributed by atoms with van der Waals surface area (Å²) < 4.78 is 0. The molecule has 0 bridgehead atoms. The highest BCUT2D eigenvalue weighted by atomic mass is 14.9. The second-order valence-electron chi connectivity index (χ2n) is 6.17. The second kappa shape index (κ2) is 5.81. The Balaban J connectivity index is 2.27. The molecule has 1 aliphatic rings. The fraction of sp³-hybridized carbons (Fsp3) is 0.368. The van der Waals surface area contributed by atoms with Gasteiger partial charge in [-0.25, -0.2) is 4.98 Å². The molecule has 1 heterocycles. The monoisotopic (exact) mass is 291 g/mol. The summed E-state index contributed by atoms with van der Waals surface area (Å²) in [6, 6.07) is 10.6. The van der Waals surface area contributed by atoms with Crippen LogP contribution in [0.4, 0.5) is 5.82 Å². The van der Waals surface area contributed by atoms with E-state index in [0.29, 0.717) is 17.3 Å². The number of nitrogens with zero attached hydrogens (tertiary/aromatic N) is 2. The van der Waals surface area contributed by atoms with E-state index >= 15 is 0 Å². The topological polar surface area (TPSA) is 62.7 Å². The first-order valence-corrected chi connectivity index (χ1v) is 7.92. The molecule has 0 saturated heterocycles. The summed E-state index contributed by atoms with van der Waals surface area (Å²) in [7, 11) is 0. The van der Waals surface area contributed by atoms with Crippen molar-refractivity contribution in [2.75, 3.05) is 5.73 Å². The van der Waals surface area contributed by atoms with Gasteiger partial charge in [-0.05, 0) is 43.2 Å². The van der Waals surface area contributed by atoms with Gasteiger partial charge < -0.3 is 5.73 Å². The van der Waals surface area contributed by atoms with Crippen LogP contribution >= 0.6 is 0 Å². The number of rotatable bonds is 2. The number of benzene rings is 1. The minimum atomic E-state index is 0.368. The van der Waals surface area contributed by atoms with E-state index in [-0.39, 0.29) is 0 Å². The quantitative estimate of drug-likeness (QED) is 0.908. The lowest BCUT2D eigenvalue weighted by Crippen LogP contribution is -2.18. The number of fused-ring (bicyclic) bond motifs is 1. The second-order valence-corrected chi connectivity index (χ2v) is 6.17. The van der Waals surface area contributed by atoms with Crippen LogP contribution in [0, 0.1) is 24.2 Å². The molecule has 1 aliphatic carbocycles. The summed E-state index contributed by atoms with van der Waals surface area (Å²) in [5.74, 6) is 1.04. The zero-order valence-electron chi connectivity index (χ0n) is 13.2. The summed E-state index contributed by atoms with van der Waals surface area (Å²) in [6.07, 6.45) is 4.29. The van der Waals surface area contributed by atoms with Crippen molar-refractivity contribution in [1.29, 1.82) is 5.26 Å². The fourth-order valence-corrected chi connectivity index (χ4v) is 3.43. The van der Waals surface area contributed by atoms with E-state index in [4.69, 9.17) is 5.73 Å². The Hall–Kier alpha value is -2.34. The molecule has 112 valence electrons. The van der Waals surface area contributed by atoms with Gasteiger partial charge in [0.05, 0.1) is 0 Å². The van der Waals surface area contributed by atoms with Gasteiger partial charge in [0.1, 0.15) is 17.5 Å². The molecule has 1 unspecified atom stereocenters. The smallest absolute Gasteiger partial charge is 0.142 e. The number of nitrogen functional groups attached to an aromatic ring is 1. The summed E-state index contributed by atoms with van der Waals surface area (Å²) in [5.41, 5.74) is 12.2. The Morgan fingerprint density at radius 2 is 2.23 bits per heavy atom. The fourth-order valence-electron chi connectivity index (χ4n) is 3.43. The number of aryl methyl sites for hydroxylation is 2. The molecule has 0 spiro atoms. The zero-order chi connectivity index (χ0) is 15.7. The third-order valence-electron chi connectivity index (χ3n) is 4.69. The average molecular weight is 291 g/mol. The maximum absolute atomic E-state index is 9.58. The van der Waals surface area contributed by atoms with E-state index in [1.54, 1.807) is 0 Å². The van der Waals surface area contributed by atoms with Gasteiger partial charge in [-0.15, -0.1) is 0 Å². The van der Waals surface area contributed by atoms with Crippen molar-refractivity contribution in [1.82, 2.24) is 4.98 Å². The van der Waals surface area contributed by atoms with Crippen molar-refractivity contribution in [2.24, 2.45) is 5.92 Å². The van der Waals surface area contributed by atoms with Gasteiger partial charge in [0, 0.05) is 11.3 Å². The lowest BCUT2D eigenvalue weighted by molar-refractivity contribution is 0.441. The molecule has 3 nitrogen and oxygen atoms in total. The van der Waals surface area contributed by atoms with Crippen molar-refractivity contribution < 1.29 is 0 Å². The summed E-state index contributed by atoms with van der Waals surface area (Å²) in [6.45, 7) is 4.30. The van der Waals surface area contributed by atoms with Gasteiger partial charge in [0.15, 0.2) is 0 Å². The summed E-state index contributed by atoms with van der Waals surface area (Å²) >= 11 is 0. The van der Waals surface area contributed by atoms with Gasteiger partial charge in [0.25, 0.3) is 0 Å². The number of anilines is 1. The number of nitriles is 1. The van der Waals surface area contributed by atoms with Crippen LogP contribution in [0.1, 0.15) is 42.1 Å². The molecule has 1 aromatic heterocycles. The molecule has 2 aromatic rings. The molecule has 0 aliphatic heterocycles.